The van der Waals surface area contributed by atoms with Gasteiger partial charge in [-0.25, -0.2) is 0 Å². The standard InChI is InChI=1S/C16H21ClN4O/c1-2-8-21(14-6-7-18-10-14)11-15-19-16(20-22-15)12-4-3-5-13(17)9-12/h3-5,9,14,18H,2,6-8,10-11H2,1H3. The fraction of sp³-hybridized carbons (Fsp3) is 0.500. The second-order valence-corrected chi connectivity index (χ2v) is 6.08. The van der Waals surface area contributed by atoms with E-state index in [2.05, 4.69) is 27.3 Å². The summed E-state index contributed by atoms with van der Waals surface area (Å²) < 4.78 is 5.43. The molecule has 2 heterocycles. The SMILES string of the molecule is CCCN(Cc1nc(-c2cccc(Cl)c2)no1)C1CCNC1. The van der Waals surface area contributed by atoms with Gasteiger partial charge >= 0.3 is 0 Å². The molecule has 1 aromatic heterocycles. The zero-order chi connectivity index (χ0) is 15.4. The highest BCUT2D eigenvalue weighted by Crippen LogP contribution is 2.21. The Bertz CT molecular complexity index is 610. The van der Waals surface area contributed by atoms with Crippen molar-refractivity contribution in [1.29, 1.82) is 0 Å². The lowest BCUT2D eigenvalue weighted by atomic mass is 10.2. The lowest BCUT2D eigenvalue weighted by Crippen LogP contribution is -2.37. The van der Waals surface area contributed by atoms with E-state index >= 15 is 0 Å². The number of benzene rings is 1. The molecule has 1 saturated heterocycles. The summed E-state index contributed by atoms with van der Waals surface area (Å²) in [5.74, 6) is 1.26. The molecule has 3 rings (SSSR count). The number of nitrogens with zero attached hydrogens (tertiary/aromatic N) is 3. The summed E-state index contributed by atoms with van der Waals surface area (Å²) in [7, 11) is 0. The molecule has 0 amide bonds. The van der Waals surface area contributed by atoms with Gasteiger partial charge in [0.2, 0.25) is 11.7 Å². The van der Waals surface area contributed by atoms with Gasteiger partial charge in [0, 0.05) is 23.2 Å². The van der Waals surface area contributed by atoms with Crippen LogP contribution in [0.15, 0.2) is 28.8 Å². The van der Waals surface area contributed by atoms with E-state index in [4.69, 9.17) is 16.1 Å². The Balaban J connectivity index is 1.72. The van der Waals surface area contributed by atoms with E-state index in [1.807, 2.05) is 24.3 Å². The molecule has 1 N–H and O–H groups in total. The van der Waals surface area contributed by atoms with Crippen molar-refractivity contribution < 1.29 is 4.52 Å². The van der Waals surface area contributed by atoms with Crippen molar-refractivity contribution in [2.75, 3.05) is 19.6 Å². The van der Waals surface area contributed by atoms with Crippen molar-refractivity contribution in [3.63, 3.8) is 0 Å². The normalized spacial score (nSPS) is 18.2. The summed E-state index contributed by atoms with van der Waals surface area (Å²) >= 11 is 6.01. The van der Waals surface area contributed by atoms with Crippen molar-refractivity contribution in [3.05, 3.63) is 35.2 Å². The van der Waals surface area contributed by atoms with Crippen LogP contribution in [0, 0.1) is 0 Å². The molecule has 0 bridgehead atoms. The van der Waals surface area contributed by atoms with Crippen LogP contribution in [0.5, 0.6) is 0 Å². The molecular formula is C16H21ClN4O. The summed E-state index contributed by atoms with van der Waals surface area (Å²) in [6, 6.07) is 8.07. The monoisotopic (exact) mass is 320 g/mol. The minimum atomic E-state index is 0.557. The first-order valence-electron chi connectivity index (χ1n) is 7.79. The van der Waals surface area contributed by atoms with E-state index in [1.54, 1.807) is 0 Å². The van der Waals surface area contributed by atoms with Crippen molar-refractivity contribution >= 4 is 11.6 Å². The molecule has 0 saturated carbocycles. The highest BCUT2D eigenvalue weighted by atomic mass is 35.5. The van der Waals surface area contributed by atoms with E-state index in [0.29, 0.717) is 29.3 Å². The molecule has 2 aromatic rings. The van der Waals surface area contributed by atoms with Gasteiger partial charge in [-0.05, 0) is 38.1 Å². The third kappa shape index (κ3) is 3.66. The number of aromatic nitrogens is 2. The van der Waals surface area contributed by atoms with Gasteiger partial charge in [-0.2, -0.15) is 4.98 Å². The lowest BCUT2D eigenvalue weighted by molar-refractivity contribution is 0.174. The summed E-state index contributed by atoms with van der Waals surface area (Å²) in [5.41, 5.74) is 0.882. The maximum atomic E-state index is 6.01. The smallest absolute Gasteiger partial charge is 0.241 e. The molecule has 0 aliphatic carbocycles. The van der Waals surface area contributed by atoms with Gasteiger partial charge < -0.3 is 9.84 Å². The molecule has 0 radical (unpaired) electrons. The van der Waals surface area contributed by atoms with E-state index in [-0.39, 0.29) is 0 Å². The van der Waals surface area contributed by atoms with Gasteiger partial charge in [0.05, 0.1) is 6.54 Å². The van der Waals surface area contributed by atoms with Crippen LogP contribution in [-0.4, -0.2) is 40.7 Å². The number of nitrogens with one attached hydrogen (secondary N) is 1. The molecule has 1 aliphatic rings. The Hall–Kier alpha value is -1.43. The zero-order valence-corrected chi connectivity index (χ0v) is 13.5. The Morgan fingerprint density at radius 3 is 3.09 bits per heavy atom. The highest BCUT2D eigenvalue weighted by molar-refractivity contribution is 6.30. The molecular weight excluding hydrogens is 300 g/mol. The van der Waals surface area contributed by atoms with Gasteiger partial charge in [0.25, 0.3) is 0 Å². The average Bonchev–Trinajstić information content (AvgIpc) is 3.18. The van der Waals surface area contributed by atoms with Crippen LogP contribution in [0.1, 0.15) is 25.7 Å². The average molecular weight is 321 g/mol. The number of hydrogen-bond donors (Lipinski definition) is 1. The van der Waals surface area contributed by atoms with Crippen molar-refractivity contribution in [2.45, 2.75) is 32.4 Å². The number of rotatable bonds is 6. The minimum Gasteiger partial charge on any atom is -0.338 e. The maximum Gasteiger partial charge on any atom is 0.241 e. The van der Waals surface area contributed by atoms with Crippen LogP contribution < -0.4 is 5.32 Å². The summed E-state index contributed by atoms with van der Waals surface area (Å²) in [5, 5.41) is 8.17. The minimum absolute atomic E-state index is 0.557. The van der Waals surface area contributed by atoms with E-state index in [9.17, 15) is 0 Å². The van der Waals surface area contributed by atoms with Crippen LogP contribution >= 0.6 is 11.6 Å². The third-order valence-electron chi connectivity index (χ3n) is 3.95. The highest BCUT2D eigenvalue weighted by Gasteiger charge is 2.23. The van der Waals surface area contributed by atoms with Crippen LogP contribution in [0.4, 0.5) is 0 Å². The van der Waals surface area contributed by atoms with E-state index < -0.39 is 0 Å². The Morgan fingerprint density at radius 1 is 1.45 bits per heavy atom. The third-order valence-corrected chi connectivity index (χ3v) is 4.19. The molecule has 1 aromatic carbocycles. The maximum absolute atomic E-state index is 6.01. The molecule has 1 aliphatic heterocycles. The lowest BCUT2D eigenvalue weighted by Gasteiger charge is -2.26. The molecule has 1 fully saturated rings. The van der Waals surface area contributed by atoms with Gasteiger partial charge in [-0.15, -0.1) is 0 Å². The second-order valence-electron chi connectivity index (χ2n) is 5.64. The Labute approximate surface area is 135 Å². The Kier molecular flexibility index (Phi) is 5.08. The fourth-order valence-corrected chi connectivity index (χ4v) is 3.06. The Morgan fingerprint density at radius 2 is 2.36 bits per heavy atom. The quantitative estimate of drug-likeness (QED) is 0.887. The molecule has 6 heteroatoms. The van der Waals surface area contributed by atoms with Crippen LogP contribution in [0.25, 0.3) is 11.4 Å². The molecule has 22 heavy (non-hydrogen) atoms. The van der Waals surface area contributed by atoms with Gasteiger partial charge in [-0.3, -0.25) is 4.90 Å². The van der Waals surface area contributed by atoms with Gasteiger partial charge in [0.1, 0.15) is 0 Å². The predicted octanol–water partition coefficient (Wildman–Crippen LogP) is 2.96. The van der Waals surface area contributed by atoms with Crippen LogP contribution in [0.3, 0.4) is 0 Å². The topological polar surface area (TPSA) is 54.2 Å². The molecule has 1 atom stereocenters. The first kappa shape index (κ1) is 15.5. The predicted molar refractivity (Wildman–Crippen MR) is 86.7 cm³/mol. The van der Waals surface area contributed by atoms with Gasteiger partial charge in [0.15, 0.2) is 0 Å². The number of halogens is 1. The van der Waals surface area contributed by atoms with Crippen molar-refractivity contribution in [2.24, 2.45) is 0 Å². The van der Waals surface area contributed by atoms with Gasteiger partial charge in [-0.1, -0.05) is 35.8 Å². The molecule has 1 unspecified atom stereocenters. The van der Waals surface area contributed by atoms with E-state index in [0.717, 1.165) is 31.6 Å². The van der Waals surface area contributed by atoms with Crippen LogP contribution in [0.2, 0.25) is 5.02 Å². The van der Waals surface area contributed by atoms with Crippen molar-refractivity contribution in [3.8, 4) is 11.4 Å². The zero-order valence-electron chi connectivity index (χ0n) is 12.8. The summed E-state index contributed by atoms with van der Waals surface area (Å²) in [6.07, 6.45) is 2.29. The fourth-order valence-electron chi connectivity index (χ4n) is 2.87. The first-order chi connectivity index (χ1) is 10.8. The largest absolute Gasteiger partial charge is 0.338 e. The molecule has 0 spiro atoms. The second kappa shape index (κ2) is 7.22. The summed E-state index contributed by atoms with van der Waals surface area (Å²) in [4.78, 5) is 6.94. The summed E-state index contributed by atoms with van der Waals surface area (Å²) in [6.45, 7) is 6.06. The molecule has 5 nitrogen and oxygen atoms in total. The van der Waals surface area contributed by atoms with Crippen molar-refractivity contribution in [1.82, 2.24) is 20.4 Å². The first-order valence-corrected chi connectivity index (χ1v) is 8.17. The number of hydrogen-bond acceptors (Lipinski definition) is 5. The van der Waals surface area contributed by atoms with E-state index in [1.165, 1.54) is 6.42 Å². The van der Waals surface area contributed by atoms with Crippen LogP contribution in [-0.2, 0) is 6.54 Å². The molecule has 118 valence electrons.